The second kappa shape index (κ2) is 10.2. The van der Waals surface area contributed by atoms with Crippen molar-refractivity contribution in [2.24, 2.45) is 0 Å². The molecular weight excluding hydrogens is 552 g/mol. The minimum absolute atomic E-state index is 0.214. The molecule has 0 atom stereocenters. The number of benzene rings is 3. The summed E-state index contributed by atoms with van der Waals surface area (Å²) < 4.78 is 42.1. The Labute approximate surface area is 244 Å². The summed E-state index contributed by atoms with van der Waals surface area (Å²) in [6, 6.07) is 14.2. The quantitative estimate of drug-likeness (QED) is 0.213. The summed E-state index contributed by atoms with van der Waals surface area (Å²) in [5.74, 6) is 0.354. The number of aromatic amines is 1. The average Bonchev–Trinajstić information content (AvgIpc) is 3.41. The van der Waals surface area contributed by atoms with Crippen LogP contribution in [0.25, 0.3) is 44.8 Å². The molecule has 0 saturated heterocycles. The molecule has 10 heteroatoms. The summed E-state index contributed by atoms with van der Waals surface area (Å²) in [6.45, 7) is 1.83. The van der Waals surface area contributed by atoms with Crippen molar-refractivity contribution in [2.75, 3.05) is 7.11 Å². The van der Waals surface area contributed by atoms with Gasteiger partial charge in [0.15, 0.2) is 5.82 Å². The second-order valence-electron chi connectivity index (χ2n) is 10.5. The van der Waals surface area contributed by atoms with Gasteiger partial charge in [0.2, 0.25) is 0 Å². The van der Waals surface area contributed by atoms with Gasteiger partial charge in [-0.1, -0.05) is 0 Å². The first kappa shape index (κ1) is 26.5. The van der Waals surface area contributed by atoms with Crippen LogP contribution < -0.4 is 10.1 Å². The van der Waals surface area contributed by atoms with Crippen molar-refractivity contribution in [2.45, 2.75) is 25.3 Å². The lowest BCUT2D eigenvalue weighted by Gasteiger charge is -2.19. The smallest absolute Gasteiger partial charge is 0.255 e. The van der Waals surface area contributed by atoms with Gasteiger partial charge < -0.3 is 19.5 Å². The number of methoxy groups -OCH3 is 1. The molecule has 43 heavy (non-hydrogen) atoms. The normalized spacial score (nSPS) is 13.7. The highest BCUT2D eigenvalue weighted by Gasteiger charge is 2.48. The van der Waals surface area contributed by atoms with Crippen LogP contribution in [0.5, 0.6) is 5.75 Å². The Hall–Kier alpha value is -5.38. The van der Waals surface area contributed by atoms with Gasteiger partial charge in [0.25, 0.3) is 5.91 Å². The summed E-state index contributed by atoms with van der Waals surface area (Å²) in [5.41, 5.74) is 2.39. The van der Waals surface area contributed by atoms with Gasteiger partial charge in [-0.15, -0.1) is 0 Å². The van der Waals surface area contributed by atoms with Crippen molar-refractivity contribution in [1.29, 1.82) is 0 Å². The zero-order valence-electron chi connectivity index (χ0n) is 23.2. The van der Waals surface area contributed by atoms with Crippen LogP contribution in [-0.4, -0.2) is 33.0 Å². The number of fused-ring (bicyclic) bond motifs is 1. The molecular formula is C33H25F2N5O3. The topological polar surface area (TPSA) is 106 Å². The molecule has 3 heterocycles. The van der Waals surface area contributed by atoms with Gasteiger partial charge in [-0.05, 0) is 85.5 Å². The molecule has 0 unspecified atom stereocenters. The summed E-state index contributed by atoms with van der Waals surface area (Å²) >= 11 is 0. The zero-order valence-corrected chi connectivity index (χ0v) is 23.2. The van der Waals surface area contributed by atoms with E-state index in [1.165, 1.54) is 19.2 Å². The van der Waals surface area contributed by atoms with E-state index in [0.717, 1.165) is 0 Å². The summed E-state index contributed by atoms with van der Waals surface area (Å²) in [6.07, 6.45) is 7.91. The maximum atomic E-state index is 16.7. The Kier molecular flexibility index (Phi) is 6.27. The number of aromatic nitrogens is 4. The van der Waals surface area contributed by atoms with Gasteiger partial charge in [-0.25, -0.2) is 23.7 Å². The van der Waals surface area contributed by atoms with Crippen molar-refractivity contribution in [1.82, 2.24) is 25.3 Å². The van der Waals surface area contributed by atoms with E-state index in [1.54, 1.807) is 67.3 Å². The number of ether oxygens (including phenoxy) is 1. The van der Waals surface area contributed by atoms with Crippen molar-refractivity contribution in [3.05, 3.63) is 108 Å². The Morgan fingerprint density at radius 3 is 2.44 bits per heavy atom. The van der Waals surface area contributed by atoms with Crippen LogP contribution in [0.4, 0.5) is 8.78 Å². The highest BCUT2D eigenvalue weighted by molar-refractivity contribution is 6.03. The van der Waals surface area contributed by atoms with Gasteiger partial charge in [-0.2, -0.15) is 0 Å². The number of aryl methyl sites for hydroxylation is 1. The van der Waals surface area contributed by atoms with E-state index in [9.17, 15) is 9.18 Å². The van der Waals surface area contributed by atoms with Crippen LogP contribution in [0.1, 0.15) is 34.6 Å². The first-order valence-corrected chi connectivity index (χ1v) is 13.7. The van der Waals surface area contributed by atoms with Crippen molar-refractivity contribution >= 4 is 16.9 Å². The summed E-state index contributed by atoms with van der Waals surface area (Å²) in [7, 11) is 1.49. The zero-order chi connectivity index (χ0) is 29.7. The fourth-order valence-corrected chi connectivity index (χ4v) is 5.47. The Bertz CT molecular complexity index is 1980. The largest absolute Gasteiger partial charge is 0.496 e. The molecule has 1 saturated carbocycles. The number of carbonyl (C=O) groups is 1. The standard InChI is InChI=1S/C33H25F2N5O3/c1-18-16-25(42-2)23(31(41)40-33(10-11-33)32-38-12-3-13-39-32)17-22(18)21-8-9-24-26(28(21)35)27(30-36-14-15-37-30)29(43-24)19-4-6-20(34)7-5-19/h3-9,12-17H,10-11H2,1-2H3,(H,36,37)(H,40,41). The maximum Gasteiger partial charge on any atom is 0.255 e. The number of hydrogen-bond donors (Lipinski definition) is 2. The molecule has 214 valence electrons. The fraction of sp³-hybridized carbons (Fsp3) is 0.152. The molecule has 8 nitrogen and oxygen atoms in total. The van der Waals surface area contributed by atoms with Crippen LogP contribution in [0, 0.1) is 18.6 Å². The highest BCUT2D eigenvalue weighted by Crippen LogP contribution is 2.46. The van der Waals surface area contributed by atoms with E-state index in [4.69, 9.17) is 9.15 Å². The SMILES string of the molecule is COc1cc(C)c(-c2ccc3oc(-c4ccc(F)cc4)c(-c4ncc[nH]4)c3c2F)cc1C(=O)NC1(c2ncccn2)CC1. The van der Waals surface area contributed by atoms with E-state index in [1.807, 2.05) is 6.92 Å². The molecule has 1 aliphatic carbocycles. The molecule has 0 bridgehead atoms. The van der Waals surface area contributed by atoms with E-state index in [-0.39, 0.29) is 22.4 Å². The molecule has 1 amide bonds. The Morgan fingerprint density at radius 1 is 1.00 bits per heavy atom. The number of nitrogens with one attached hydrogen (secondary N) is 2. The molecule has 3 aromatic heterocycles. The van der Waals surface area contributed by atoms with E-state index in [0.29, 0.717) is 63.8 Å². The van der Waals surface area contributed by atoms with Gasteiger partial charge in [-0.3, -0.25) is 4.79 Å². The van der Waals surface area contributed by atoms with Gasteiger partial charge in [0, 0.05) is 35.9 Å². The third-order valence-corrected chi connectivity index (χ3v) is 7.81. The summed E-state index contributed by atoms with van der Waals surface area (Å²) in [4.78, 5) is 29.7. The molecule has 6 aromatic rings. The monoisotopic (exact) mass is 577 g/mol. The minimum Gasteiger partial charge on any atom is -0.496 e. The molecule has 0 radical (unpaired) electrons. The van der Waals surface area contributed by atoms with Crippen LogP contribution >= 0.6 is 0 Å². The minimum atomic E-state index is -0.649. The van der Waals surface area contributed by atoms with Crippen LogP contribution in [0.3, 0.4) is 0 Å². The number of H-pyrrole nitrogens is 1. The number of hydrogen-bond acceptors (Lipinski definition) is 6. The number of halogens is 2. The van der Waals surface area contributed by atoms with Crippen LogP contribution in [0.15, 0.2) is 83.8 Å². The van der Waals surface area contributed by atoms with Crippen LogP contribution in [-0.2, 0) is 5.54 Å². The third-order valence-electron chi connectivity index (χ3n) is 7.81. The number of nitrogens with zero attached hydrogens (tertiary/aromatic N) is 3. The predicted octanol–water partition coefficient (Wildman–Crippen LogP) is 6.96. The lowest BCUT2D eigenvalue weighted by molar-refractivity contribution is 0.0925. The molecule has 2 N–H and O–H groups in total. The Morgan fingerprint density at radius 2 is 1.77 bits per heavy atom. The van der Waals surface area contributed by atoms with Crippen molar-refractivity contribution < 1.29 is 22.7 Å². The molecule has 0 spiro atoms. The van der Waals surface area contributed by atoms with E-state index < -0.39 is 17.2 Å². The molecule has 7 rings (SSSR count). The lowest BCUT2D eigenvalue weighted by atomic mass is 9.94. The number of furan rings is 1. The fourth-order valence-electron chi connectivity index (χ4n) is 5.47. The second-order valence-corrected chi connectivity index (χ2v) is 10.5. The lowest BCUT2D eigenvalue weighted by Crippen LogP contribution is -2.36. The first-order valence-electron chi connectivity index (χ1n) is 13.7. The number of amides is 1. The number of imidazole rings is 1. The van der Waals surface area contributed by atoms with E-state index in [2.05, 4.69) is 25.3 Å². The van der Waals surface area contributed by atoms with E-state index >= 15 is 4.39 Å². The maximum absolute atomic E-state index is 16.7. The predicted molar refractivity (Wildman–Crippen MR) is 156 cm³/mol. The van der Waals surface area contributed by atoms with Crippen molar-refractivity contribution in [3.8, 4) is 39.6 Å². The molecule has 1 aliphatic rings. The average molecular weight is 578 g/mol. The Balaban J connectivity index is 1.36. The number of carbonyl (C=O) groups excluding carboxylic acids is 1. The first-order chi connectivity index (χ1) is 20.9. The van der Waals surface area contributed by atoms with Gasteiger partial charge in [0.1, 0.15) is 40.1 Å². The van der Waals surface area contributed by atoms with Crippen molar-refractivity contribution in [3.63, 3.8) is 0 Å². The molecule has 3 aromatic carbocycles. The molecule has 0 aliphatic heterocycles. The van der Waals surface area contributed by atoms with Gasteiger partial charge >= 0.3 is 0 Å². The van der Waals surface area contributed by atoms with Gasteiger partial charge in [0.05, 0.1) is 23.6 Å². The highest BCUT2D eigenvalue weighted by atomic mass is 19.1. The third kappa shape index (κ3) is 4.51. The molecule has 1 fully saturated rings. The van der Waals surface area contributed by atoms with Crippen LogP contribution in [0.2, 0.25) is 0 Å². The summed E-state index contributed by atoms with van der Waals surface area (Å²) in [5, 5.41) is 3.29. The number of rotatable bonds is 7.